The summed E-state index contributed by atoms with van der Waals surface area (Å²) in [5, 5.41) is 11.4. The van der Waals surface area contributed by atoms with Crippen molar-refractivity contribution in [3.8, 4) is 5.75 Å². The number of carboxylic acid groups (broad SMARTS) is 1. The summed E-state index contributed by atoms with van der Waals surface area (Å²) in [5.41, 5.74) is 5.37. The van der Waals surface area contributed by atoms with Crippen LogP contribution in [0.25, 0.3) is 5.57 Å². The molecule has 0 bridgehead atoms. The van der Waals surface area contributed by atoms with Gasteiger partial charge in [0.2, 0.25) is 0 Å². The Labute approximate surface area is 205 Å². The van der Waals surface area contributed by atoms with Crippen molar-refractivity contribution >= 4 is 17.6 Å². The Kier molecular flexibility index (Phi) is 7.77. The van der Waals surface area contributed by atoms with E-state index in [2.05, 4.69) is 16.4 Å². The molecule has 0 saturated carbocycles. The highest BCUT2D eigenvalue weighted by Crippen LogP contribution is 2.32. The third-order valence-corrected chi connectivity index (χ3v) is 6.02. The predicted molar refractivity (Wildman–Crippen MR) is 134 cm³/mol. The number of benzene rings is 2. The number of hydrogen-bond donors (Lipinski definition) is 2. The minimum atomic E-state index is -1.07. The van der Waals surface area contributed by atoms with Gasteiger partial charge in [0.05, 0.1) is 11.3 Å². The summed E-state index contributed by atoms with van der Waals surface area (Å²) in [5.74, 6) is 0.727. The van der Waals surface area contributed by atoms with Crippen LogP contribution in [0.15, 0.2) is 72.9 Å². The molecular weight excluding hydrogens is 442 g/mol. The molecule has 0 radical (unpaired) electrons. The van der Waals surface area contributed by atoms with Gasteiger partial charge < -0.3 is 20.1 Å². The fraction of sp³-hybridized carbons (Fsp3) is 0.250. The molecular formula is C28H29N3O4. The van der Waals surface area contributed by atoms with E-state index in [0.29, 0.717) is 38.1 Å². The lowest BCUT2D eigenvalue weighted by atomic mass is 9.96. The first-order valence-corrected chi connectivity index (χ1v) is 11.7. The van der Waals surface area contributed by atoms with Crippen molar-refractivity contribution in [2.24, 2.45) is 0 Å². The maximum absolute atomic E-state index is 13.1. The van der Waals surface area contributed by atoms with Crippen LogP contribution >= 0.6 is 0 Å². The molecule has 3 aromatic rings. The second-order valence-electron chi connectivity index (χ2n) is 8.35. The van der Waals surface area contributed by atoms with Gasteiger partial charge in [0.1, 0.15) is 12.4 Å². The molecule has 1 aliphatic rings. The Morgan fingerprint density at radius 1 is 1.09 bits per heavy atom. The molecule has 2 amide bonds. The lowest BCUT2D eigenvalue weighted by molar-refractivity contribution is 0.0771. The van der Waals surface area contributed by atoms with Crippen molar-refractivity contribution in [3.63, 3.8) is 0 Å². The van der Waals surface area contributed by atoms with E-state index in [4.69, 9.17) is 9.84 Å². The van der Waals surface area contributed by atoms with Gasteiger partial charge in [-0.25, -0.2) is 4.79 Å². The highest BCUT2D eigenvalue weighted by atomic mass is 16.5. The summed E-state index contributed by atoms with van der Waals surface area (Å²) in [7, 11) is 0. The van der Waals surface area contributed by atoms with Gasteiger partial charge >= 0.3 is 6.09 Å². The number of nitrogens with one attached hydrogen (secondary N) is 1. The zero-order chi connectivity index (χ0) is 24.6. The van der Waals surface area contributed by atoms with Crippen LogP contribution in [0.2, 0.25) is 0 Å². The van der Waals surface area contributed by atoms with Gasteiger partial charge in [-0.2, -0.15) is 0 Å². The van der Waals surface area contributed by atoms with Gasteiger partial charge in [-0.1, -0.05) is 49.4 Å². The molecule has 2 aromatic carbocycles. The lowest BCUT2D eigenvalue weighted by Gasteiger charge is -2.28. The molecule has 4 rings (SSSR count). The Balaban J connectivity index is 1.55. The number of nitrogens with zero attached hydrogens (tertiary/aromatic N) is 2. The van der Waals surface area contributed by atoms with Crippen molar-refractivity contribution in [2.75, 3.05) is 13.1 Å². The molecule has 35 heavy (non-hydrogen) atoms. The zero-order valence-electron chi connectivity index (χ0n) is 19.7. The number of aromatic nitrogens is 1. The molecule has 180 valence electrons. The molecule has 0 atom stereocenters. The first kappa shape index (κ1) is 24.0. The Hall–Kier alpha value is -4.13. The minimum Gasteiger partial charge on any atom is -0.488 e. The van der Waals surface area contributed by atoms with Crippen molar-refractivity contribution in [1.82, 2.24) is 15.2 Å². The van der Waals surface area contributed by atoms with Crippen LogP contribution in [0.1, 0.15) is 46.1 Å². The molecule has 7 heteroatoms. The van der Waals surface area contributed by atoms with Crippen LogP contribution < -0.4 is 10.1 Å². The molecule has 7 nitrogen and oxygen atoms in total. The number of pyridine rings is 1. The number of amides is 2. The second-order valence-corrected chi connectivity index (χ2v) is 8.35. The molecule has 0 unspecified atom stereocenters. The topological polar surface area (TPSA) is 91.8 Å². The average Bonchev–Trinajstić information content (AvgIpc) is 2.91. The van der Waals surface area contributed by atoms with Gasteiger partial charge in [0.25, 0.3) is 5.91 Å². The largest absolute Gasteiger partial charge is 0.488 e. The van der Waals surface area contributed by atoms with Crippen LogP contribution in [0.4, 0.5) is 4.79 Å². The number of aryl methyl sites for hydroxylation is 1. The van der Waals surface area contributed by atoms with E-state index in [1.165, 1.54) is 0 Å². The SMILES string of the molecule is CCc1ncccc1C(=O)N1CC=C(c2cc(CNC(=O)O)ccc2OCc2ccccc2)CC1. The summed E-state index contributed by atoms with van der Waals surface area (Å²) in [6.45, 7) is 3.70. The Morgan fingerprint density at radius 2 is 1.91 bits per heavy atom. The van der Waals surface area contributed by atoms with Gasteiger partial charge in [-0.05, 0) is 53.8 Å². The third-order valence-electron chi connectivity index (χ3n) is 6.02. The van der Waals surface area contributed by atoms with Crippen LogP contribution in [0.3, 0.4) is 0 Å². The first-order chi connectivity index (χ1) is 17.0. The summed E-state index contributed by atoms with van der Waals surface area (Å²) in [6.07, 6.45) is 4.08. The van der Waals surface area contributed by atoms with Crippen LogP contribution in [0.5, 0.6) is 5.75 Å². The summed E-state index contributed by atoms with van der Waals surface area (Å²) < 4.78 is 6.16. The first-order valence-electron chi connectivity index (χ1n) is 11.7. The monoisotopic (exact) mass is 471 g/mol. The number of ether oxygens (including phenoxy) is 1. The fourth-order valence-corrected chi connectivity index (χ4v) is 4.16. The molecule has 1 aromatic heterocycles. The fourth-order valence-electron chi connectivity index (χ4n) is 4.16. The van der Waals surface area contributed by atoms with Gasteiger partial charge in [-0.15, -0.1) is 0 Å². The standard InChI is InChI=1S/C28H29N3O4/c1-2-25-23(9-6-14-29-25)27(32)31-15-12-22(13-16-31)24-17-21(18-30-28(33)34)10-11-26(24)35-19-20-7-4-3-5-8-20/h3-12,14,17,30H,2,13,15-16,18-19H2,1H3,(H,33,34). The van der Waals surface area contributed by atoms with Crippen LogP contribution in [0, 0.1) is 0 Å². The number of hydrogen-bond acceptors (Lipinski definition) is 4. The molecule has 0 fully saturated rings. The Morgan fingerprint density at radius 3 is 2.63 bits per heavy atom. The zero-order valence-corrected chi connectivity index (χ0v) is 19.7. The van der Waals surface area contributed by atoms with Crippen molar-refractivity contribution < 1.29 is 19.4 Å². The summed E-state index contributed by atoms with van der Waals surface area (Å²) in [6, 6.07) is 19.3. The van der Waals surface area contributed by atoms with Crippen molar-refractivity contribution in [3.05, 3.63) is 101 Å². The third kappa shape index (κ3) is 6.06. The van der Waals surface area contributed by atoms with E-state index in [-0.39, 0.29) is 12.5 Å². The van der Waals surface area contributed by atoms with Gasteiger partial charge in [-0.3, -0.25) is 9.78 Å². The van der Waals surface area contributed by atoms with Crippen molar-refractivity contribution in [1.29, 1.82) is 0 Å². The summed E-state index contributed by atoms with van der Waals surface area (Å²) in [4.78, 5) is 30.3. The van der Waals surface area contributed by atoms with Gasteiger partial charge in [0.15, 0.2) is 0 Å². The Bertz CT molecular complexity index is 1220. The maximum atomic E-state index is 13.1. The van der Waals surface area contributed by atoms with E-state index >= 15 is 0 Å². The highest BCUT2D eigenvalue weighted by Gasteiger charge is 2.23. The number of carbonyl (C=O) groups is 2. The van der Waals surface area contributed by atoms with E-state index in [0.717, 1.165) is 33.7 Å². The quantitative estimate of drug-likeness (QED) is 0.487. The van der Waals surface area contributed by atoms with Crippen molar-refractivity contribution in [2.45, 2.75) is 32.9 Å². The molecule has 1 aliphatic heterocycles. The molecule has 0 spiro atoms. The van der Waals surface area contributed by atoms with Crippen LogP contribution in [-0.4, -0.2) is 40.1 Å². The minimum absolute atomic E-state index is 0.00906. The number of carbonyl (C=O) groups excluding carboxylic acids is 1. The molecule has 2 N–H and O–H groups in total. The molecule has 0 saturated heterocycles. The predicted octanol–water partition coefficient (Wildman–Crippen LogP) is 4.92. The van der Waals surface area contributed by atoms with E-state index in [1.54, 1.807) is 12.3 Å². The van der Waals surface area contributed by atoms with Crippen LogP contribution in [-0.2, 0) is 19.6 Å². The normalized spacial score (nSPS) is 13.2. The smallest absolute Gasteiger partial charge is 0.404 e. The molecule has 0 aliphatic carbocycles. The van der Waals surface area contributed by atoms with E-state index in [1.807, 2.05) is 66.4 Å². The number of rotatable bonds is 8. The average molecular weight is 472 g/mol. The molecule has 2 heterocycles. The highest BCUT2D eigenvalue weighted by molar-refractivity contribution is 5.95. The van der Waals surface area contributed by atoms with E-state index in [9.17, 15) is 9.59 Å². The lowest BCUT2D eigenvalue weighted by Crippen LogP contribution is -2.35. The van der Waals surface area contributed by atoms with Gasteiger partial charge in [0, 0.05) is 31.4 Å². The summed E-state index contributed by atoms with van der Waals surface area (Å²) >= 11 is 0. The maximum Gasteiger partial charge on any atom is 0.404 e. The second kappa shape index (κ2) is 11.3. The van der Waals surface area contributed by atoms with E-state index < -0.39 is 6.09 Å².